The van der Waals surface area contributed by atoms with E-state index in [4.69, 9.17) is 9.47 Å². The first-order chi connectivity index (χ1) is 12.5. The molecular formula is C21H26O5. The van der Waals surface area contributed by atoms with Gasteiger partial charge in [-0.3, -0.25) is 4.79 Å². The zero-order valence-corrected chi connectivity index (χ0v) is 15.7. The van der Waals surface area contributed by atoms with Crippen LogP contribution in [0, 0.1) is 17.3 Å². The molecule has 0 aromatic heterocycles. The molecular weight excluding hydrogens is 332 g/mol. The fourth-order valence-corrected chi connectivity index (χ4v) is 5.72. The molecule has 26 heavy (non-hydrogen) atoms. The number of benzene rings is 1. The van der Waals surface area contributed by atoms with Crippen molar-refractivity contribution in [3.63, 3.8) is 0 Å². The van der Waals surface area contributed by atoms with Crippen LogP contribution in [0.5, 0.6) is 11.5 Å². The first-order valence-electron chi connectivity index (χ1n) is 9.48. The highest BCUT2D eigenvalue weighted by Gasteiger charge is 2.54. The molecule has 3 aliphatic rings. The van der Waals surface area contributed by atoms with Crippen molar-refractivity contribution >= 4 is 11.9 Å². The molecule has 1 aromatic rings. The van der Waals surface area contributed by atoms with Crippen LogP contribution in [0.4, 0.5) is 4.79 Å². The van der Waals surface area contributed by atoms with Crippen LogP contribution >= 0.6 is 0 Å². The van der Waals surface area contributed by atoms with Crippen molar-refractivity contribution in [3.8, 4) is 11.5 Å². The lowest BCUT2D eigenvalue weighted by atomic mass is 9.55. The number of ketones is 1. The van der Waals surface area contributed by atoms with E-state index in [0.717, 1.165) is 38.5 Å². The Balaban J connectivity index is 1.68. The maximum atomic E-state index is 12.4. The van der Waals surface area contributed by atoms with Gasteiger partial charge in [0.05, 0.1) is 14.2 Å². The van der Waals surface area contributed by atoms with E-state index in [1.54, 1.807) is 7.11 Å². The molecule has 140 valence electrons. The van der Waals surface area contributed by atoms with E-state index in [9.17, 15) is 9.59 Å². The Hall–Kier alpha value is -2.04. The summed E-state index contributed by atoms with van der Waals surface area (Å²) in [5.74, 6) is 2.96. The van der Waals surface area contributed by atoms with E-state index >= 15 is 0 Å². The Bertz CT molecular complexity index is 755. The lowest BCUT2D eigenvalue weighted by Crippen LogP contribution is -2.42. The summed E-state index contributed by atoms with van der Waals surface area (Å²) in [6.07, 6.45) is 5.08. The molecule has 0 spiro atoms. The third-order valence-electron chi connectivity index (χ3n) is 7.08. The SMILES string of the molecule is COC(=O)Oc1cc2c(cc1OC)[C@H]1CC[C@]3(C)C(=O)CC[C@H]3[C@@H]1CC2. The number of hydrogen-bond acceptors (Lipinski definition) is 5. The number of fused-ring (bicyclic) bond motifs is 5. The topological polar surface area (TPSA) is 61.8 Å². The summed E-state index contributed by atoms with van der Waals surface area (Å²) in [6, 6.07) is 3.96. The van der Waals surface area contributed by atoms with Gasteiger partial charge in [-0.15, -0.1) is 0 Å². The third kappa shape index (κ3) is 2.51. The van der Waals surface area contributed by atoms with Crippen LogP contribution in [0.2, 0.25) is 0 Å². The quantitative estimate of drug-likeness (QED) is 0.584. The van der Waals surface area contributed by atoms with Crippen LogP contribution in [-0.2, 0) is 16.0 Å². The van der Waals surface area contributed by atoms with Gasteiger partial charge < -0.3 is 14.2 Å². The molecule has 0 unspecified atom stereocenters. The largest absolute Gasteiger partial charge is 0.513 e. The molecule has 0 N–H and O–H groups in total. The lowest BCUT2D eigenvalue weighted by molar-refractivity contribution is -0.129. The van der Waals surface area contributed by atoms with Crippen LogP contribution in [0.25, 0.3) is 0 Å². The number of carbonyl (C=O) groups excluding carboxylic acids is 2. The van der Waals surface area contributed by atoms with Crippen molar-refractivity contribution in [1.82, 2.24) is 0 Å². The number of aryl methyl sites for hydroxylation is 1. The zero-order valence-electron chi connectivity index (χ0n) is 15.7. The van der Waals surface area contributed by atoms with Crippen LogP contribution in [0.15, 0.2) is 12.1 Å². The van der Waals surface area contributed by atoms with Crippen molar-refractivity contribution in [2.45, 2.75) is 51.4 Å². The zero-order chi connectivity index (χ0) is 18.5. The van der Waals surface area contributed by atoms with Gasteiger partial charge in [-0.05, 0) is 73.1 Å². The van der Waals surface area contributed by atoms with E-state index in [2.05, 4.69) is 11.7 Å². The molecule has 0 saturated heterocycles. The maximum Gasteiger partial charge on any atom is 0.513 e. The molecule has 0 heterocycles. The molecule has 0 aliphatic heterocycles. The Labute approximate surface area is 154 Å². The summed E-state index contributed by atoms with van der Waals surface area (Å²) in [4.78, 5) is 24.0. The fraction of sp³-hybridized carbons (Fsp3) is 0.619. The number of carbonyl (C=O) groups is 2. The molecule has 4 rings (SSSR count). The van der Waals surface area contributed by atoms with Crippen molar-refractivity contribution in [3.05, 3.63) is 23.3 Å². The number of Topliss-reactive ketones (excluding diaryl/α,β-unsaturated/α-hetero) is 1. The number of rotatable bonds is 2. The second-order valence-corrected chi connectivity index (χ2v) is 8.09. The first-order valence-corrected chi connectivity index (χ1v) is 9.48. The van der Waals surface area contributed by atoms with Gasteiger partial charge in [0, 0.05) is 11.8 Å². The predicted octanol–water partition coefficient (Wildman–Crippen LogP) is 4.27. The molecule has 0 radical (unpaired) electrons. The van der Waals surface area contributed by atoms with Crippen molar-refractivity contribution in [2.75, 3.05) is 14.2 Å². The van der Waals surface area contributed by atoms with Gasteiger partial charge in [0.2, 0.25) is 0 Å². The molecule has 1 aromatic carbocycles. The van der Waals surface area contributed by atoms with E-state index in [1.807, 2.05) is 12.1 Å². The van der Waals surface area contributed by atoms with Gasteiger partial charge in [0.15, 0.2) is 11.5 Å². The summed E-state index contributed by atoms with van der Waals surface area (Å²) in [5.41, 5.74) is 2.41. The molecule has 2 fully saturated rings. The lowest BCUT2D eigenvalue weighted by Gasteiger charge is -2.48. The van der Waals surface area contributed by atoms with E-state index < -0.39 is 6.16 Å². The van der Waals surface area contributed by atoms with Crippen LogP contribution in [0.3, 0.4) is 0 Å². The average Bonchev–Trinajstić information content (AvgIpc) is 2.95. The molecule has 0 bridgehead atoms. The normalized spacial score (nSPS) is 32.3. The standard InChI is InChI=1S/C21H26O5/c1-21-9-8-13-14(16(21)6-7-19(21)22)5-4-12-10-18(26-20(23)25-3)17(24-2)11-15(12)13/h10-11,13-14,16H,4-9H2,1-3H3/t13-,14+,16-,21-/m0/s1. The van der Waals surface area contributed by atoms with Gasteiger partial charge in [0.1, 0.15) is 5.78 Å². The molecule has 3 aliphatic carbocycles. The first kappa shape index (κ1) is 17.4. The summed E-state index contributed by atoms with van der Waals surface area (Å²) in [6.45, 7) is 2.19. The number of hydrogen-bond donors (Lipinski definition) is 0. The monoisotopic (exact) mass is 358 g/mol. The highest BCUT2D eigenvalue weighted by Crippen LogP contribution is 2.60. The summed E-state index contributed by atoms with van der Waals surface area (Å²) < 4.78 is 15.3. The Morgan fingerprint density at radius 1 is 1.12 bits per heavy atom. The number of ether oxygens (including phenoxy) is 3. The van der Waals surface area contributed by atoms with E-state index in [1.165, 1.54) is 18.2 Å². The predicted molar refractivity (Wildman–Crippen MR) is 95.7 cm³/mol. The number of methoxy groups -OCH3 is 2. The van der Waals surface area contributed by atoms with Gasteiger partial charge in [0.25, 0.3) is 0 Å². The van der Waals surface area contributed by atoms with Gasteiger partial charge in [-0.25, -0.2) is 4.79 Å². The summed E-state index contributed by atoms with van der Waals surface area (Å²) in [7, 11) is 2.87. The molecule has 4 atom stereocenters. The van der Waals surface area contributed by atoms with Crippen molar-refractivity contribution in [2.24, 2.45) is 17.3 Å². The molecule has 2 saturated carbocycles. The minimum atomic E-state index is -0.741. The van der Waals surface area contributed by atoms with Gasteiger partial charge >= 0.3 is 6.16 Å². The Morgan fingerprint density at radius 2 is 1.92 bits per heavy atom. The Morgan fingerprint density at radius 3 is 2.65 bits per heavy atom. The third-order valence-corrected chi connectivity index (χ3v) is 7.08. The molecule has 5 nitrogen and oxygen atoms in total. The second-order valence-electron chi connectivity index (χ2n) is 8.09. The van der Waals surface area contributed by atoms with Crippen molar-refractivity contribution in [1.29, 1.82) is 0 Å². The maximum absolute atomic E-state index is 12.4. The smallest absolute Gasteiger partial charge is 0.493 e. The highest BCUT2D eigenvalue weighted by molar-refractivity contribution is 5.87. The van der Waals surface area contributed by atoms with Gasteiger partial charge in [-0.2, -0.15) is 0 Å². The molecule has 0 amide bonds. The van der Waals surface area contributed by atoms with Crippen molar-refractivity contribution < 1.29 is 23.8 Å². The average molecular weight is 358 g/mol. The minimum Gasteiger partial charge on any atom is -0.493 e. The highest BCUT2D eigenvalue weighted by atomic mass is 16.7. The van der Waals surface area contributed by atoms with E-state index in [0.29, 0.717) is 35.0 Å². The summed E-state index contributed by atoms with van der Waals surface area (Å²) in [5, 5.41) is 0. The molecule has 5 heteroatoms. The van der Waals surface area contributed by atoms with Crippen LogP contribution < -0.4 is 9.47 Å². The fourth-order valence-electron chi connectivity index (χ4n) is 5.72. The van der Waals surface area contributed by atoms with Crippen LogP contribution in [-0.4, -0.2) is 26.2 Å². The van der Waals surface area contributed by atoms with Gasteiger partial charge in [-0.1, -0.05) is 6.92 Å². The van der Waals surface area contributed by atoms with E-state index in [-0.39, 0.29) is 5.41 Å². The minimum absolute atomic E-state index is 0.114. The Kier molecular flexibility index (Phi) is 4.20. The second kappa shape index (κ2) is 6.29. The van der Waals surface area contributed by atoms with Crippen LogP contribution in [0.1, 0.15) is 56.1 Å². The summed E-state index contributed by atoms with van der Waals surface area (Å²) >= 11 is 0.